The van der Waals surface area contributed by atoms with Gasteiger partial charge in [-0.25, -0.2) is 4.79 Å². The van der Waals surface area contributed by atoms with Crippen LogP contribution in [0.5, 0.6) is 0 Å². The maximum absolute atomic E-state index is 12.9. The number of rotatable bonds is 18. The Morgan fingerprint density at radius 3 is 1.74 bits per heavy atom. The predicted molar refractivity (Wildman–Crippen MR) is 148 cm³/mol. The van der Waals surface area contributed by atoms with E-state index >= 15 is 0 Å². The number of hydrogen-bond donors (Lipinski definition) is 1. The number of nitrogens with one attached hydrogen (secondary N) is 1. The molecule has 0 saturated carbocycles. The Hall–Kier alpha value is -2.00. The first-order valence-corrected chi connectivity index (χ1v) is 13.9. The summed E-state index contributed by atoms with van der Waals surface area (Å²) in [6.07, 6.45) is 18.7. The van der Waals surface area contributed by atoms with Crippen molar-refractivity contribution in [1.82, 2.24) is 4.90 Å². The quantitative estimate of drug-likeness (QED) is 0.210. The van der Waals surface area contributed by atoms with Crippen LogP contribution in [0.1, 0.15) is 102 Å². The Morgan fingerprint density at radius 2 is 1.21 bits per heavy atom. The first-order chi connectivity index (χ1) is 16.7. The van der Waals surface area contributed by atoms with E-state index in [1.807, 2.05) is 35.2 Å². The zero-order valence-electron chi connectivity index (χ0n) is 21.2. The van der Waals surface area contributed by atoms with E-state index in [2.05, 4.69) is 24.4 Å². The minimum Gasteiger partial charge on any atom is -0.320 e. The van der Waals surface area contributed by atoms with Crippen LogP contribution >= 0.6 is 11.6 Å². The molecule has 0 aromatic heterocycles. The van der Waals surface area contributed by atoms with Crippen LogP contribution in [0, 0.1) is 0 Å². The summed E-state index contributed by atoms with van der Waals surface area (Å²) < 4.78 is 0. The number of urea groups is 1. The minimum atomic E-state index is -0.0548. The van der Waals surface area contributed by atoms with E-state index in [1.165, 1.54) is 83.5 Å². The molecule has 0 aliphatic heterocycles. The van der Waals surface area contributed by atoms with Crippen LogP contribution < -0.4 is 5.32 Å². The van der Waals surface area contributed by atoms with Gasteiger partial charge < -0.3 is 10.2 Å². The fraction of sp³-hybridized carbons (Fsp3) is 0.567. The summed E-state index contributed by atoms with van der Waals surface area (Å²) in [6, 6.07) is 17.4. The molecule has 3 nitrogen and oxygen atoms in total. The summed E-state index contributed by atoms with van der Waals surface area (Å²) in [6.45, 7) is 3.67. The molecule has 0 atom stereocenters. The summed E-state index contributed by atoms with van der Waals surface area (Å²) in [7, 11) is 0. The smallest absolute Gasteiger partial charge is 0.320 e. The highest BCUT2D eigenvalue weighted by Gasteiger charge is 2.14. The molecule has 2 amide bonds. The van der Waals surface area contributed by atoms with Gasteiger partial charge in [0.2, 0.25) is 0 Å². The van der Waals surface area contributed by atoms with Crippen LogP contribution in [0.3, 0.4) is 0 Å². The average molecular weight is 485 g/mol. The van der Waals surface area contributed by atoms with Gasteiger partial charge in [0, 0.05) is 23.8 Å². The molecular weight excluding hydrogens is 440 g/mol. The van der Waals surface area contributed by atoms with Gasteiger partial charge >= 0.3 is 6.03 Å². The minimum absolute atomic E-state index is 0.0548. The predicted octanol–water partition coefficient (Wildman–Crippen LogP) is 9.86. The number of hydrogen-bond acceptors (Lipinski definition) is 1. The lowest BCUT2D eigenvalue weighted by Crippen LogP contribution is -2.35. The van der Waals surface area contributed by atoms with Gasteiger partial charge in [-0.2, -0.15) is 0 Å². The van der Waals surface area contributed by atoms with Crippen molar-refractivity contribution in [3.8, 4) is 0 Å². The van der Waals surface area contributed by atoms with E-state index in [0.29, 0.717) is 11.6 Å². The normalized spacial score (nSPS) is 10.9. The van der Waals surface area contributed by atoms with Crippen molar-refractivity contribution < 1.29 is 4.79 Å². The third-order valence-corrected chi connectivity index (χ3v) is 6.63. The molecule has 0 spiro atoms. The van der Waals surface area contributed by atoms with E-state index in [1.54, 1.807) is 12.1 Å². The van der Waals surface area contributed by atoms with Gasteiger partial charge in [-0.3, -0.25) is 0 Å². The lowest BCUT2D eigenvalue weighted by molar-refractivity contribution is 0.207. The molecule has 0 aliphatic carbocycles. The SMILES string of the molecule is CCCCCCCCCCCCCCCCN(Cc1ccccc1)C(=O)Nc1ccc(Cl)cc1. The first-order valence-electron chi connectivity index (χ1n) is 13.5. The van der Waals surface area contributed by atoms with Crippen molar-refractivity contribution in [3.63, 3.8) is 0 Å². The third-order valence-electron chi connectivity index (χ3n) is 6.38. The van der Waals surface area contributed by atoms with Crippen LogP contribution in [-0.4, -0.2) is 17.5 Å². The van der Waals surface area contributed by atoms with Gasteiger partial charge in [0.25, 0.3) is 0 Å². The van der Waals surface area contributed by atoms with Crippen molar-refractivity contribution in [2.75, 3.05) is 11.9 Å². The first kappa shape index (κ1) is 28.2. The second kappa shape index (κ2) is 18.3. The molecule has 1 N–H and O–H groups in total. The van der Waals surface area contributed by atoms with E-state index in [9.17, 15) is 4.79 Å². The molecular formula is C30H45ClN2O. The maximum Gasteiger partial charge on any atom is 0.322 e. The van der Waals surface area contributed by atoms with Crippen molar-refractivity contribution in [2.45, 2.75) is 103 Å². The van der Waals surface area contributed by atoms with Crippen LogP contribution in [0.25, 0.3) is 0 Å². The number of nitrogens with zero attached hydrogens (tertiary/aromatic N) is 1. The van der Waals surface area contributed by atoms with Crippen LogP contribution in [0.15, 0.2) is 54.6 Å². The number of carbonyl (C=O) groups excluding carboxylic acids is 1. The fourth-order valence-corrected chi connectivity index (χ4v) is 4.42. The van der Waals surface area contributed by atoms with Crippen molar-refractivity contribution in [2.24, 2.45) is 0 Å². The molecule has 2 aromatic rings. The zero-order chi connectivity index (χ0) is 24.3. The highest BCUT2D eigenvalue weighted by atomic mass is 35.5. The summed E-state index contributed by atoms with van der Waals surface area (Å²) in [5.74, 6) is 0. The Labute approximate surface area is 213 Å². The molecule has 2 aromatic carbocycles. The molecule has 0 aliphatic rings. The van der Waals surface area contributed by atoms with E-state index < -0.39 is 0 Å². The standard InChI is InChI=1S/C30H45ClN2O/c1-2-3-4-5-6-7-8-9-10-11-12-13-14-18-25-33(26-27-19-16-15-17-20-27)30(34)32-29-23-21-28(31)22-24-29/h15-17,19-24H,2-14,18,25-26H2,1H3,(H,32,34). The average Bonchev–Trinajstić information content (AvgIpc) is 2.85. The monoisotopic (exact) mass is 484 g/mol. The molecule has 4 heteroatoms. The van der Waals surface area contributed by atoms with Crippen LogP contribution in [-0.2, 0) is 6.54 Å². The summed E-state index contributed by atoms with van der Waals surface area (Å²) in [4.78, 5) is 14.9. The molecule has 0 heterocycles. The Balaban J connectivity index is 1.61. The summed E-state index contributed by atoms with van der Waals surface area (Å²) in [5.41, 5.74) is 1.92. The Bertz CT molecular complexity index is 763. The maximum atomic E-state index is 12.9. The van der Waals surface area contributed by atoms with Gasteiger partial charge in [-0.15, -0.1) is 0 Å². The largest absolute Gasteiger partial charge is 0.322 e. The highest BCUT2D eigenvalue weighted by molar-refractivity contribution is 6.30. The molecule has 2 rings (SSSR count). The second-order valence-corrected chi connectivity index (χ2v) is 9.88. The molecule has 0 bridgehead atoms. The molecule has 0 radical (unpaired) electrons. The lowest BCUT2D eigenvalue weighted by Gasteiger charge is -2.23. The van der Waals surface area contributed by atoms with Gasteiger partial charge in [0.1, 0.15) is 0 Å². The number of halogens is 1. The molecule has 0 unspecified atom stereocenters. The van der Waals surface area contributed by atoms with E-state index in [-0.39, 0.29) is 6.03 Å². The lowest BCUT2D eigenvalue weighted by atomic mass is 10.0. The number of benzene rings is 2. The number of anilines is 1. The van der Waals surface area contributed by atoms with Crippen LogP contribution in [0.2, 0.25) is 5.02 Å². The van der Waals surface area contributed by atoms with Gasteiger partial charge in [-0.1, -0.05) is 132 Å². The summed E-state index contributed by atoms with van der Waals surface area (Å²) in [5, 5.41) is 3.69. The second-order valence-electron chi connectivity index (χ2n) is 9.44. The fourth-order valence-electron chi connectivity index (χ4n) is 4.29. The number of carbonyl (C=O) groups is 1. The molecule has 0 saturated heterocycles. The van der Waals surface area contributed by atoms with Crippen molar-refractivity contribution in [1.29, 1.82) is 0 Å². The Morgan fingerprint density at radius 1 is 0.706 bits per heavy atom. The van der Waals surface area contributed by atoms with E-state index in [4.69, 9.17) is 11.6 Å². The molecule has 0 fully saturated rings. The molecule has 34 heavy (non-hydrogen) atoms. The number of unbranched alkanes of at least 4 members (excludes halogenated alkanes) is 13. The van der Waals surface area contributed by atoms with Crippen molar-refractivity contribution in [3.05, 3.63) is 65.2 Å². The van der Waals surface area contributed by atoms with Gasteiger partial charge in [-0.05, 0) is 36.2 Å². The number of amides is 2. The topological polar surface area (TPSA) is 32.3 Å². The van der Waals surface area contributed by atoms with Gasteiger partial charge in [0.15, 0.2) is 0 Å². The molecule has 188 valence electrons. The van der Waals surface area contributed by atoms with Crippen LogP contribution in [0.4, 0.5) is 10.5 Å². The Kier molecular flexibility index (Phi) is 15.2. The van der Waals surface area contributed by atoms with Crippen molar-refractivity contribution >= 4 is 23.3 Å². The van der Waals surface area contributed by atoms with Gasteiger partial charge in [0.05, 0.1) is 0 Å². The van der Waals surface area contributed by atoms with E-state index in [0.717, 1.165) is 24.2 Å². The zero-order valence-corrected chi connectivity index (χ0v) is 22.0. The summed E-state index contributed by atoms with van der Waals surface area (Å²) >= 11 is 5.97. The third kappa shape index (κ3) is 13.0. The highest BCUT2D eigenvalue weighted by Crippen LogP contribution is 2.16.